The van der Waals surface area contributed by atoms with Gasteiger partial charge >= 0.3 is 0 Å². The SMILES string of the molecule is Clc1nc(-c2cccc(-c3ccccc3)c2)nc(-c2cccc(-c3ccccc3)c2)n1.c1ccc(-c2cccc(-c3nc(-c4cccc(-c5ccccc5)c4)nc(-n4c5ccccc5c5ccc6nc(-c7ccccc7)n(-c7ccccc7)c6c54)n3)c2)cc1.c1ccc(-c2nc3ccc4c(c3n2-c2ccccc2)Cc2ccccc2-4)cc1. The zero-order valence-electron chi connectivity index (χ0n) is 63.3. The van der Waals surface area contributed by atoms with E-state index >= 15 is 0 Å². The number of aromatic nitrogens is 11. The molecule has 1 aliphatic rings. The lowest BCUT2D eigenvalue weighted by Gasteiger charge is -2.14. The lowest BCUT2D eigenvalue weighted by atomic mass is 10.0. The van der Waals surface area contributed by atoms with E-state index in [1.54, 1.807) is 0 Å². The smallest absolute Gasteiger partial charge is 0.238 e. The molecule has 0 saturated carbocycles. The maximum absolute atomic E-state index is 6.30. The number of rotatable bonds is 13. The van der Waals surface area contributed by atoms with Gasteiger partial charge in [0.1, 0.15) is 11.6 Å². The lowest BCUT2D eigenvalue weighted by Crippen LogP contribution is -2.07. The molecule has 0 radical (unpaired) electrons. The standard InChI is InChI=1S/C52H34N6.C27H18ClN3.C26H18N2/c1-5-17-35(18-6-1)38-23-15-25-40(33-38)49-54-50(41-26-16-24-39(34-41)36-19-7-2-8-20-36)56-52(55-49)58-46-30-14-13-29-43(46)44-31-32-45-48(47(44)58)57(42-27-11-4-12-28-42)51(53-45)37-21-9-3-10-22-37;28-27-30-25(23-15-7-13-21(17-23)19-9-3-1-4-10-19)29-26(31-27)24-16-8-14-22(18-24)20-11-5-2-6-12-20;1-3-9-18(10-4-1)26-27-24-16-15-22-21-14-8-7-11-19(21)17-23(22)25(24)28(26)20-12-5-2-6-13-20/h1-34H;1-18H;1-16H,17H2. The maximum atomic E-state index is 6.30. The highest BCUT2D eigenvalue weighted by molar-refractivity contribution is 6.28. The monoisotopic (exact) mass is 1520 g/mol. The molecule has 0 N–H and O–H groups in total. The zero-order valence-corrected chi connectivity index (χ0v) is 64.0. The maximum Gasteiger partial charge on any atom is 0.238 e. The van der Waals surface area contributed by atoms with E-state index in [4.69, 9.17) is 41.5 Å². The van der Waals surface area contributed by atoms with E-state index in [-0.39, 0.29) is 5.28 Å². The largest absolute Gasteiger partial charge is 0.292 e. The summed E-state index contributed by atoms with van der Waals surface area (Å²) in [5, 5.41) is 2.36. The third kappa shape index (κ3) is 14.0. The first-order valence-corrected chi connectivity index (χ1v) is 39.4. The van der Waals surface area contributed by atoms with Crippen LogP contribution >= 0.6 is 11.6 Å². The number of hydrogen-bond acceptors (Lipinski definition) is 8. The number of para-hydroxylation sites is 3. The van der Waals surface area contributed by atoms with Crippen LogP contribution in [0.15, 0.2) is 413 Å². The first-order chi connectivity index (χ1) is 57.9. The van der Waals surface area contributed by atoms with Gasteiger partial charge in [0.25, 0.3) is 0 Å². The Morgan fingerprint density at radius 2 is 0.564 bits per heavy atom. The molecule has 0 bridgehead atoms. The Labute approximate surface area is 681 Å². The van der Waals surface area contributed by atoms with Gasteiger partial charge in [-0.05, 0) is 151 Å². The van der Waals surface area contributed by atoms with E-state index in [9.17, 15) is 0 Å². The van der Waals surface area contributed by atoms with Gasteiger partial charge in [-0.15, -0.1) is 0 Å². The highest BCUT2D eigenvalue weighted by atomic mass is 35.5. The second-order valence-corrected chi connectivity index (χ2v) is 29.1. The van der Waals surface area contributed by atoms with Gasteiger partial charge in [-0.3, -0.25) is 13.7 Å². The Bertz CT molecular complexity index is 7000. The second kappa shape index (κ2) is 31.3. The molecule has 12 heteroatoms. The third-order valence-corrected chi connectivity index (χ3v) is 21.7. The first kappa shape index (κ1) is 70.7. The van der Waals surface area contributed by atoms with Gasteiger partial charge < -0.3 is 0 Å². The molecule has 0 unspecified atom stereocenters. The van der Waals surface area contributed by atoms with Crippen molar-refractivity contribution in [2.75, 3.05) is 0 Å². The van der Waals surface area contributed by atoms with Gasteiger partial charge in [-0.25, -0.2) is 19.9 Å². The van der Waals surface area contributed by atoms with Crippen molar-refractivity contribution in [1.29, 1.82) is 0 Å². The number of benzene rings is 16. The molecule has 16 aromatic carbocycles. The van der Waals surface area contributed by atoms with Crippen LogP contribution in [-0.4, -0.2) is 53.6 Å². The van der Waals surface area contributed by atoms with Crippen molar-refractivity contribution >= 4 is 55.5 Å². The Hall–Kier alpha value is -15.4. The highest BCUT2D eigenvalue weighted by Gasteiger charge is 2.28. The molecule has 5 aromatic heterocycles. The molecule has 21 aromatic rings. The van der Waals surface area contributed by atoms with Crippen LogP contribution in [0.5, 0.6) is 0 Å². The third-order valence-electron chi connectivity index (χ3n) is 21.5. The molecule has 0 aliphatic heterocycles. The predicted octanol–water partition coefficient (Wildman–Crippen LogP) is 26.1. The molecule has 22 rings (SSSR count). The summed E-state index contributed by atoms with van der Waals surface area (Å²) in [6.45, 7) is 0. The molecule has 117 heavy (non-hydrogen) atoms. The van der Waals surface area contributed by atoms with Crippen molar-refractivity contribution in [2.45, 2.75) is 6.42 Å². The van der Waals surface area contributed by atoms with Crippen molar-refractivity contribution in [2.24, 2.45) is 0 Å². The van der Waals surface area contributed by atoms with Crippen molar-refractivity contribution in [3.63, 3.8) is 0 Å². The quantitative estimate of drug-likeness (QED) is 0.112. The molecular formula is C105H70ClN11. The van der Waals surface area contributed by atoms with Crippen LogP contribution in [0.3, 0.4) is 0 Å². The first-order valence-electron chi connectivity index (χ1n) is 39.0. The summed E-state index contributed by atoms with van der Waals surface area (Å²) in [5.74, 6) is 4.65. The zero-order chi connectivity index (χ0) is 78.0. The van der Waals surface area contributed by atoms with Gasteiger partial charge in [-0.1, -0.05) is 340 Å². The molecular weight excluding hydrogens is 1450 g/mol. The Balaban J connectivity index is 0.000000125. The van der Waals surface area contributed by atoms with E-state index in [0.717, 1.165) is 146 Å². The number of hydrogen-bond donors (Lipinski definition) is 0. The van der Waals surface area contributed by atoms with Crippen LogP contribution in [0.25, 0.3) is 185 Å². The summed E-state index contributed by atoms with van der Waals surface area (Å²) >= 11 is 6.30. The number of nitrogens with zero attached hydrogens (tertiary/aromatic N) is 11. The second-order valence-electron chi connectivity index (χ2n) is 28.7. The number of imidazole rings is 2. The summed E-state index contributed by atoms with van der Waals surface area (Å²) in [6.07, 6.45) is 0.954. The van der Waals surface area contributed by atoms with Gasteiger partial charge in [0, 0.05) is 61.9 Å². The molecule has 552 valence electrons. The summed E-state index contributed by atoms with van der Waals surface area (Å²) < 4.78 is 6.81. The van der Waals surface area contributed by atoms with Crippen LogP contribution in [-0.2, 0) is 6.42 Å². The number of halogens is 1. The minimum atomic E-state index is 0.176. The van der Waals surface area contributed by atoms with E-state index in [1.165, 1.54) is 27.8 Å². The van der Waals surface area contributed by atoms with E-state index in [2.05, 4.69) is 345 Å². The van der Waals surface area contributed by atoms with Gasteiger partial charge in [0.2, 0.25) is 11.2 Å². The molecule has 0 amide bonds. The summed E-state index contributed by atoms with van der Waals surface area (Å²) in [4.78, 5) is 39.9. The molecule has 0 fully saturated rings. The Kier molecular flexibility index (Phi) is 18.9. The van der Waals surface area contributed by atoms with Gasteiger partial charge in [-0.2, -0.15) is 19.9 Å². The highest BCUT2D eigenvalue weighted by Crippen LogP contribution is 2.45. The van der Waals surface area contributed by atoms with E-state index < -0.39 is 0 Å². The fourth-order valence-electron chi connectivity index (χ4n) is 16.0. The van der Waals surface area contributed by atoms with Gasteiger partial charge in [0.15, 0.2) is 23.3 Å². The molecule has 11 nitrogen and oxygen atoms in total. The summed E-state index contributed by atoms with van der Waals surface area (Å²) in [7, 11) is 0. The van der Waals surface area contributed by atoms with Crippen molar-refractivity contribution in [1.82, 2.24) is 53.6 Å². The van der Waals surface area contributed by atoms with Crippen LogP contribution < -0.4 is 0 Å². The van der Waals surface area contributed by atoms with Crippen molar-refractivity contribution in [3.8, 4) is 141 Å². The Morgan fingerprint density at radius 3 is 1.01 bits per heavy atom. The minimum absolute atomic E-state index is 0.176. The molecule has 5 heterocycles. The summed E-state index contributed by atoms with van der Waals surface area (Å²) in [5.41, 5.74) is 28.3. The molecule has 0 atom stereocenters. The predicted molar refractivity (Wildman–Crippen MR) is 477 cm³/mol. The topological polar surface area (TPSA) is 118 Å². The van der Waals surface area contributed by atoms with Crippen molar-refractivity contribution < 1.29 is 0 Å². The molecule has 0 spiro atoms. The fraction of sp³-hybridized carbons (Fsp3) is 0.00952. The van der Waals surface area contributed by atoms with Gasteiger partial charge in [0.05, 0.1) is 33.1 Å². The van der Waals surface area contributed by atoms with Crippen LogP contribution in [0.4, 0.5) is 0 Å². The normalized spacial score (nSPS) is 11.4. The minimum Gasteiger partial charge on any atom is -0.292 e. The molecule has 1 aliphatic carbocycles. The summed E-state index contributed by atoms with van der Waals surface area (Å²) in [6, 6.07) is 142. The van der Waals surface area contributed by atoms with Crippen LogP contribution in [0.2, 0.25) is 5.28 Å². The lowest BCUT2D eigenvalue weighted by molar-refractivity contribution is 0.953. The Morgan fingerprint density at radius 1 is 0.222 bits per heavy atom. The average Bonchev–Trinajstić information content (AvgIpc) is 1.56. The van der Waals surface area contributed by atoms with E-state index in [0.29, 0.717) is 29.2 Å². The fourth-order valence-corrected chi connectivity index (χ4v) is 16.2. The van der Waals surface area contributed by atoms with Crippen LogP contribution in [0.1, 0.15) is 11.1 Å². The number of fused-ring (bicyclic) bond motifs is 10. The molecule has 0 saturated heterocycles. The van der Waals surface area contributed by atoms with Crippen LogP contribution in [0, 0.1) is 0 Å². The van der Waals surface area contributed by atoms with Crippen molar-refractivity contribution in [3.05, 3.63) is 429 Å². The average molecular weight is 1520 g/mol. The van der Waals surface area contributed by atoms with E-state index in [1.807, 2.05) is 91.0 Å².